The van der Waals surface area contributed by atoms with Crippen LogP contribution in [0.25, 0.3) is 0 Å². The Morgan fingerprint density at radius 3 is 2.17 bits per heavy atom. The molecule has 0 amide bonds. The lowest BCUT2D eigenvalue weighted by molar-refractivity contribution is -0.158. The van der Waals surface area contributed by atoms with Crippen molar-refractivity contribution in [1.29, 1.82) is 0 Å². The van der Waals surface area contributed by atoms with Gasteiger partial charge in [0.25, 0.3) is 0 Å². The van der Waals surface area contributed by atoms with Crippen LogP contribution in [0.5, 0.6) is 0 Å². The van der Waals surface area contributed by atoms with Crippen LogP contribution in [0.2, 0.25) is 0 Å². The van der Waals surface area contributed by atoms with Crippen molar-refractivity contribution >= 4 is 11.9 Å². The Labute approximate surface area is 141 Å². The van der Waals surface area contributed by atoms with Crippen molar-refractivity contribution in [2.45, 2.75) is 12.3 Å². The smallest absolute Gasteiger partial charge is 0.310 e. The summed E-state index contributed by atoms with van der Waals surface area (Å²) < 4.78 is 10.0. The molecule has 1 aliphatic rings. The Bertz CT molecular complexity index is 738. The minimum absolute atomic E-state index is 0.229. The van der Waals surface area contributed by atoms with E-state index in [4.69, 9.17) is 9.47 Å². The summed E-state index contributed by atoms with van der Waals surface area (Å²) in [5.41, 5.74) is 3.13. The van der Waals surface area contributed by atoms with E-state index < -0.39 is 11.8 Å². The second-order valence-electron chi connectivity index (χ2n) is 5.97. The van der Waals surface area contributed by atoms with E-state index >= 15 is 0 Å². The summed E-state index contributed by atoms with van der Waals surface area (Å²) >= 11 is 0. The highest BCUT2D eigenvalue weighted by Crippen LogP contribution is 2.44. The van der Waals surface area contributed by atoms with Crippen molar-refractivity contribution < 1.29 is 19.1 Å². The van der Waals surface area contributed by atoms with Crippen LogP contribution in [0.4, 0.5) is 0 Å². The van der Waals surface area contributed by atoms with E-state index in [9.17, 15) is 9.59 Å². The first-order chi connectivity index (χ1) is 11.7. The van der Waals surface area contributed by atoms with E-state index in [1.807, 2.05) is 54.6 Å². The Kier molecular flexibility index (Phi) is 4.65. The van der Waals surface area contributed by atoms with Gasteiger partial charge in [0.1, 0.15) is 0 Å². The van der Waals surface area contributed by atoms with Gasteiger partial charge in [-0.1, -0.05) is 54.6 Å². The number of hydrogen-bond acceptors (Lipinski definition) is 4. The lowest BCUT2D eigenvalue weighted by Crippen LogP contribution is -2.41. The fourth-order valence-electron chi connectivity index (χ4n) is 3.68. The molecule has 0 saturated carbocycles. The number of carbonyl (C=O) groups excluding carboxylic acids is 2. The summed E-state index contributed by atoms with van der Waals surface area (Å²) in [6.45, 7) is 0. The molecule has 0 N–H and O–H groups in total. The number of ether oxygens (including phenoxy) is 2. The monoisotopic (exact) mass is 324 g/mol. The van der Waals surface area contributed by atoms with Crippen LogP contribution in [-0.4, -0.2) is 26.2 Å². The molecule has 2 aromatic carbocycles. The van der Waals surface area contributed by atoms with E-state index in [-0.39, 0.29) is 17.9 Å². The quantitative estimate of drug-likeness (QED) is 0.815. The van der Waals surface area contributed by atoms with Crippen LogP contribution in [-0.2, 0) is 25.5 Å². The third-order valence-electron chi connectivity index (χ3n) is 4.76. The molecule has 0 radical (unpaired) electrons. The molecule has 0 aromatic heterocycles. The van der Waals surface area contributed by atoms with Crippen molar-refractivity contribution in [3.8, 4) is 0 Å². The lowest BCUT2D eigenvalue weighted by Gasteiger charge is -2.37. The first kappa shape index (κ1) is 16.2. The minimum atomic E-state index is -0.597. The van der Waals surface area contributed by atoms with Crippen LogP contribution in [0.3, 0.4) is 0 Å². The largest absolute Gasteiger partial charge is 0.469 e. The third kappa shape index (κ3) is 2.80. The van der Waals surface area contributed by atoms with Crippen LogP contribution in [0.1, 0.15) is 22.6 Å². The van der Waals surface area contributed by atoms with Gasteiger partial charge in [0.05, 0.1) is 26.1 Å². The molecule has 0 spiro atoms. The van der Waals surface area contributed by atoms with E-state index in [0.717, 1.165) is 16.7 Å². The molecule has 3 rings (SSSR count). The molecule has 3 atom stereocenters. The van der Waals surface area contributed by atoms with Crippen molar-refractivity contribution in [1.82, 2.24) is 0 Å². The maximum absolute atomic E-state index is 12.6. The summed E-state index contributed by atoms with van der Waals surface area (Å²) in [7, 11) is 2.72. The molecule has 1 unspecified atom stereocenters. The average Bonchev–Trinajstić information content (AvgIpc) is 2.65. The molecule has 4 nitrogen and oxygen atoms in total. The molecule has 2 aromatic rings. The van der Waals surface area contributed by atoms with E-state index in [1.165, 1.54) is 14.2 Å². The molecule has 0 saturated heterocycles. The SMILES string of the molecule is COC(=O)[C@@H]1C(c2ccccc2)c2ccccc2C[C@H]1C(=O)OC. The Morgan fingerprint density at radius 2 is 1.50 bits per heavy atom. The van der Waals surface area contributed by atoms with Gasteiger partial charge in [0.2, 0.25) is 0 Å². The van der Waals surface area contributed by atoms with Crippen molar-refractivity contribution in [3.05, 3.63) is 71.3 Å². The predicted molar refractivity (Wildman–Crippen MR) is 89.4 cm³/mol. The maximum Gasteiger partial charge on any atom is 0.310 e. The predicted octanol–water partition coefficient (Wildman–Crippen LogP) is 2.95. The number of carbonyl (C=O) groups is 2. The zero-order chi connectivity index (χ0) is 17.1. The van der Waals surface area contributed by atoms with Crippen LogP contribution >= 0.6 is 0 Å². The Balaban J connectivity index is 2.19. The fourth-order valence-corrected chi connectivity index (χ4v) is 3.68. The Morgan fingerprint density at radius 1 is 0.875 bits per heavy atom. The molecule has 124 valence electrons. The number of benzene rings is 2. The number of rotatable bonds is 3. The molecule has 0 bridgehead atoms. The van der Waals surface area contributed by atoms with Gasteiger partial charge in [-0.2, -0.15) is 0 Å². The zero-order valence-electron chi connectivity index (χ0n) is 13.8. The highest BCUT2D eigenvalue weighted by atomic mass is 16.5. The molecule has 0 fully saturated rings. The summed E-state index contributed by atoms with van der Waals surface area (Å²) in [4.78, 5) is 24.9. The first-order valence-corrected chi connectivity index (χ1v) is 7.95. The second-order valence-corrected chi connectivity index (χ2v) is 5.97. The minimum Gasteiger partial charge on any atom is -0.469 e. The number of hydrogen-bond donors (Lipinski definition) is 0. The van der Waals surface area contributed by atoms with Crippen LogP contribution < -0.4 is 0 Å². The molecule has 4 heteroatoms. The highest BCUT2D eigenvalue weighted by Gasteiger charge is 2.46. The van der Waals surface area contributed by atoms with Gasteiger partial charge in [0, 0.05) is 5.92 Å². The first-order valence-electron chi connectivity index (χ1n) is 7.95. The molecule has 24 heavy (non-hydrogen) atoms. The standard InChI is InChI=1S/C20H20O4/c1-23-19(21)16-12-14-10-6-7-11-15(14)17(18(16)20(22)24-2)13-8-4-3-5-9-13/h3-11,16-18H,12H2,1-2H3/t16-,17?,18+/m1/s1. The van der Waals surface area contributed by atoms with Gasteiger partial charge < -0.3 is 9.47 Å². The third-order valence-corrected chi connectivity index (χ3v) is 4.76. The van der Waals surface area contributed by atoms with E-state index in [0.29, 0.717) is 6.42 Å². The number of fused-ring (bicyclic) bond motifs is 1. The maximum atomic E-state index is 12.6. The Hall–Kier alpha value is -2.62. The van der Waals surface area contributed by atoms with E-state index in [1.54, 1.807) is 0 Å². The molecule has 1 aliphatic carbocycles. The summed E-state index contributed by atoms with van der Waals surface area (Å²) in [5.74, 6) is -2.13. The highest BCUT2D eigenvalue weighted by molar-refractivity contribution is 5.84. The molecule has 0 heterocycles. The summed E-state index contributed by atoms with van der Waals surface area (Å²) in [6.07, 6.45) is 0.478. The van der Waals surface area contributed by atoms with Crippen molar-refractivity contribution in [3.63, 3.8) is 0 Å². The molecular weight excluding hydrogens is 304 g/mol. The van der Waals surface area contributed by atoms with Crippen LogP contribution in [0, 0.1) is 11.8 Å². The lowest BCUT2D eigenvalue weighted by atomic mass is 9.66. The second kappa shape index (κ2) is 6.87. The van der Waals surface area contributed by atoms with Gasteiger partial charge in [0.15, 0.2) is 0 Å². The molecule has 0 aliphatic heterocycles. The normalized spacial score (nSPS) is 22.3. The van der Waals surface area contributed by atoms with E-state index in [2.05, 4.69) is 0 Å². The molecular formula is C20H20O4. The topological polar surface area (TPSA) is 52.6 Å². The van der Waals surface area contributed by atoms with Gasteiger partial charge in [-0.15, -0.1) is 0 Å². The summed E-state index contributed by atoms with van der Waals surface area (Å²) in [5, 5.41) is 0. The fraction of sp³-hybridized carbons (Fsp3) is 0.300. The average molecular weight is 324 g/mol. The number of esters is 2. The van der Waals surface area contributed by atoms with Crippen molar-refractivity contribution in [2.75, 3.05) is 14.2 Å². The van der Waals surface area contributed by atoms with Gasteiger partial charge in [-0.3, -0.25) is 9.59 Å². The summed E-state index contributed by atoms with van der Waals surface area (Å²) in [6, 6.07) is 17.7. The number of methoxy groups -OCH3 is 2. The van der Waals surface area contributed by atoms with Crippen molar-refractivity contribution in [2.24, 2.45) is 11.8 Å². The zero-order valence-corrected chi connectivity index (χ0v) is 13.8. The van der Waals surface area contributed by atoms with Gasteiger partial charge in [-0.25, -0.2) is 0 Å². The van der Waals surface area contributed by atoms with Gasteiger partial charge in [-0.05, 0) is 23.1 Å². The van der Waals surface area contributed by atoms with Gasteiger partial charge >= 0.3 is 11.9 Å². The van der Waals surface area contributed by atoms with Crippen LogP contribution in [0.15, 0.2) is 54.6 Å².